The first-order valence-electron chi connectivity index (χ1n) is 9.39. The van der Waals surface area contributed by atoms with Gasteiger partial charge in [0.25, 0.3) is 11.5 Å². The zero-order valence-corrected chi connectivity index (χ0v) is 17.7. The van der Waals surface area contributed by atoms with Gasteiger partial charge in [-0.15, -0.1) is 0 Å². The fraction of sp³-hybridized carbons (Fsp3) is 0.350. The third-order valence-corrected chi connectivity index (χ3v) is 4.14. The van der Waals surface area contributed by atoms with Crippen molar-refractivity contribution in [3.05, 3.63) is 51.1 Å². The number of aromatic nitrogens is 1. The maximum Gasteiger partial charge on any atom is 0.417 e. The summed E-state index contributed by atoms with van der Waals surface area (Å²) in [5.41, 5.74) is -2.43. The summed E-state index contributed by atoms with van der Waals surface area (Å²) in [6.07, 6.45) is -4.28. The lowest BCUT2D eigenvalue weighted by Crippen LogP contribution is -2.28. The fourth-order valence-electron chi connectivity index (χ4n) is 2.77. The molecular weight excluding hydrogens is 453 g/mol. The maximum atomic E-state index is 12.8. The standard InChI is InChI=1S/C20H19F3N2O8/c1-4-31-19(30)17-16(10(2)26)11(3)33-18(17)24-13(27)9-32-15(29)8-25-7-12(20(21,22)23)5-6-14(25)28/h5-7H,4,8-9H2,1-3H3,(H,24,27). The number of rotatable bonds is 8. The van der Waals surface area contributed by atoms with Crippen molar-refractivity contribution in [1.82, 2.24) is 4.57 Å². The van der Waals surface area contributed by atoms with Crippen LogP contribution in [0.5, 0.6) is 0 Å². The summed E-state index contributed by atoms with van der Waals surface area (Å²) in [6.45, 7) is 2.31. The molecule has 0 atom stereocenters. The van der Waals surface area contributed by atoms with E-state index in [9.17, 15) is 37.1 Å². The lowest BCUT2D eigenvalue weighted by molar-refractivity contribution is -0.148. The predicted molar refractivity (Wildman–Crippen MR) is 105 cm³/mol. The number of amides is 1. The normalized spacial score (nSPS) is 11.1. The highest BCUT2D eigenvalue weighted by atomic mass is 19.4. The molecule has 1 N–H and O–H groups in total. The molecule has 10 nitrogen and oxygen atoms in total. The number of aryl methyl sites for hydroxylation is 1. The number of carbonyl (C=O) groups is 4. The van der Waals surface area contributed by atoms with Gasteiger partial charge < -0.3 is 18.5 Å². The minimum absolute atomic E-state index is 0.0136. The quantitative estimate of drug-likeness (QED) is 0.457. The van der Waals surface area contributed by atoms with E-state index < -0.39 is 60.0 Å². The van der Waals surface area contributed by atoms with Crippen LogP contribution in [0.15, 0.2) is 27.5 Å². The number of pyridine rings is 1. The van der Waals surface area contributed by atoms with Crippen LogP contribution in [0.2, 0.25) is 0 Å². The molecule has 0 aliphatic carbocycles. The van der Waals surface area contributed by atoms with Crippen LogP contribution in [-0.4, -0.2) is 41.4 Å². The van der Waals surface area contributed by atoms with E-state index in [2.05, 4.69) is 10.1 Å². The Kier molecular flexibility index (Phi) is 7.80. The van der Waals surface area contributed by atoms with Crippen LogP contribution < -0.4 is 10.9 Å². The minimum Gasteiger partial charge on any atom is -0.462 e. The monoisotopic (exact) mass is 472 g/mol. The molecule has 2 aromatic heterocycles. The van der Waals surface area contributed by atoms with E-state index in [1.165, 1.54) is 20.8 Å². The second-order valence-corrected chi connectivity index (χ2v) is 6.60. The number of carbonyl (C=O) groups excluding carboxylic acids is 4. The lowest BCUT2D eigenvalue weighted by atomic mass is 10.1. The van der Waals surface area contributed by atoms with Crippen molar-refractivity contribution in [2.75, 3.05) is 18.5 Å². The Bertz CT molecular complexity index is 1150. The summed E-state index contributed by atoms with van der Waals surface area (Å²) in [5, 5.41) is 2.17. The van der Waals surface area contributed by atoms with Gasteiger partial charge in [-0.1, -0.05) is 0 Å². The van der Waals surface area contributed by atoms with Crippen molar-refractivity contribution >= 4 is 29.5 Å². The zero-order valence-electron chi connectivity index (χ0n) is 17.7. The summed E-state index contributed by atoms with van der Waals surface area (Å²) in [4.78, 5) is 59.8. The van der Waals surface area contributed by atoms with Crippen molar-refractivity contribution in [1.29, 1.82) is 0 Å². The van der Waals surface area contributed by atoms with E-state index in [0.717, 1.165) is 0 Å². The number of halogens is 3. The maximum absolute atomic E-state index is 12.8. The van der Waals surface area contributed by atoms with Crippen molar-refractivity contribution in [2.24, 2.45) is 0 Å². The number of nitrogens with one attached hydrogen (secondary N) is 1. The van der Waals surface area contributed by atoms with Gasteiger partial charge in [-0.2, -0.15) is 13.2 Å². The Balaban J connectivity index is 2.09. The van der Waals surface area contributed by atoms with Crippen LogP contribution in [0.1, 0.15) is 45.9 Å². The van der Waals surface area contributed by atoms with Gasteiger partial charge >= 0.3 is 18.1 Å². The molecule has 0 saturated heterocycles. The SMILES string of the molecule is CCOC(=O)c1c(NC(=O)COC(=O)Cn2cc(C(F)(F)F)ccc2=O)oc(C)c1C(C)=O. The zero-order chi connectivity index (χ0) is 24.9. The molecule has 0 unspecified atom stereocenters. The number of Topliss-reactive ketones (excluding diaryl/α,β-unsaturated/α-hetero) is 1. The van der Waals surface area contributed by atoms with Crippen molar-refractivity contribution in [3.8, 4) is 0 Å². The molecule has 13 heteroatoms. The van der Waals surface area contributed by atoms with Crippen LogP contribution in [0.3, 0.4) is 0 Å². The average Bonchev–Trinajstić information content (AvgIpc) is 3.03. The topological polar surface area (TPSA) is 134 Å². The smallest absolute Gasteiger partial charge is 0.417 e. The van der Waals surface area contributed by atoms with E-state index in [1.807, 2.05) is 0 Å². The number of hydrogen-bond acceptors (Lipinski definition) is 8. The second-order valence-electron chi connectivity index (χ2n) is 6.60. The number of nitrogens with zero attached hydrogens (tertiary/aromatic N) is 1. The Morgan fingerprint density at radius 2 is 1.79 bits per heavy atom. The molecule has 0 aliphatic heterocycles. The predicted octanol–water partition coefficient (Wildman–Crippen LogP) is 2.33. The highest BCUT2D eigenvalue weighted by Gasteiger charge is 2.31. The molecule has 2 aromatic rings. The highest BCUT2D eigenvalue weighted by Crippen LogP contribution is 2.29. The molecule has 0 fully saturated rings. The van der Waals surface area contributed by atoms with Gasteiger partial charge in [0.1, 0.15) is 17.9 Å². The number of furan rings is 1. The Morgan fingerprint density at radius 3 is 2.36 bits per heavy atom. The van der Waals surface area contributed by atoms with Gasteiger partial charge in [-0.05, 0) is 26.8 Å². The van der Waals surface area contributed by atoms with Crippen LogP contribution in [-0.2, 0) is 31.8 Å². The first-order valence-corrected chi connectivity index (χ1v) is 9.39. The molecule has 0 spiro atoms. The van der Waals surface area contributed by atoms with Gasteiger partial charge in [0.15, 0.2) is 12.4 Å². The number of esters is 2. The summed E-state index contributed by atoms with van der Waals surface area (Å²) >= 11 is 0. The van der Waals surface area contributed by atoms with Gasteiger partial charge in [0.2, 0.25) is 5.88 Å². The molecule has 1 amide bonds. The van der Waals surface area contributed by atoms with Crippen LogP contribution in [0.4, 0.5) is 19.1 Å². The Morgan fingerprint density at radius 1 is 1.12 bits per heavy atom. The molecular formula is C20H19F3N2O8. The molecule has 178 valence electrons. The Labute approximate surface area is 184 Å². The summed E-state index contributed by atoms with van der Waals surface area (Å²) < 4.78 is 53.6. The number of ether oxygens (including phenoxy) is 2. The number of alkyl halides is 3. The fourth-order valence-corrected chi connectivity index (χ4v) is 2.77. The molecule has 0 aliphatic rings. The van der Waals surface area contributed by atoms with E-state index >= 15 is 0 Å². The van der Waals surface area contributed by atoms with Crippen molar-refractivity contribution < 1.29 is 46.2 Å². The van der Waals surface area contributed by atoms with Crippen LogP contribution in [0.25, 0.3) is 0 Å². The molecule has 0 saturated carbocycles. The number of anilines is 1. The summed E-state index contributed by atoms with van der Waals surface area (Å²) in [7, 11) is 0. The average molecular weight is 472 g/mol. The highest BCUT2D eigenvalue weighted by molar-refractivity contribution is 6.10. The Hall–Kier alpha value is -3.90. The van der Waals surface area contributed by atoms with E-state index in [-0.39, 0.29) is 23.5 Å². The lowest BCUT2D eigenvalue weighted by Gasteiger charge is -2.10. The van der Waals surface area contributed by atoms with E-state index in [4.69, 9.17) is 9.15 Å². The number of hydrogen-bond donors (Lipinski definition) is 1. The van der Waals surface area contributed by atoms with Gasteiger partial charge in [-0.25, -0.2) is 4.79 Å². The first-order chi connectivity index (χ1) is 15.3. The van der Waals surface area contributed by atoms with Gasteiger partial charge in [-0.3, -0.25) is 24.5 Å². The molecule has 0 aromatic carbocycles. The first kappa shape index (κ1) is 25.4. The minimum atomic E-state index is -4.73. The molecule has 2 rings (SSSR count). The van der Waals surface area contributed by atoms with Gasteiger partial charge in [0, 0.05) is 12.3 Å². The van der Waals surface area contributed by atoms with E-state index in [1.54, 1.807) is 0 Å². The van der Waals surface area contributed by atoms with Crippen molar-refractivity contribution in [2.45, 2.75) is 33.5 Å². The van der Waals surface area contributed by atoms with Crippen LogP contribution in [0, 0.1) is 6.92 Å². The van der Waals surface area contributed by atoms with E-state index in [0.29, 0.717) is 22.9 Å². The second kappa shape index (κ2) is 10.1. The van der Waals surface area contributed by atoms with Crippen LogP contribution >= 0.6 is 0 Å². The largest absolute Gasteiger partial charge is 0.462 e. The third-order valence-electron chi connectivity index (χ3n) is 4.14. The molecule has 2 heterocycles. The number of ketones is 1. The summed E-state index contributed by atoms with van der Waals surface area (Å²) in [5.74, 6) is -3.94. The van der Waals surface area contributed by atoms with Crippen molar-refractivity contribution in [3.63, 3.8) is 0 Å². The van der Waals surface area contributed by atoms with Gasteiger partial charge in [0.05, 0.1) is 17.7 Å². The summed E-state index contributed by atoms with van der Waals surface area (Å²) in [6, 6.07) is 1.21. The molecule has 33 heavy (non-hydrogen) atoms. The molecule has 0 radical (unpaired) electrons. The third kappa shape index (κ3) is 6.30. The molecule has 0 bridgehead atoms.